The molecule has 1 amide bonds. The van der Waals surface area contributed by atoms with Crippen molar-refractivity contribution >= 4 is 33.2 Å². The Labute approximate surface area is 140 Å². The first-order chi connectivity index (χ1) is 10.5. The van der Waals surface area contributed by atoms with Gasteiger partial charge in [-0.2, -0.15) is 0 Å². The van der Waals surface area contributed by atoms with E-state index < -0.39 is 0 Å². The fourth-order valence-corrected chi connectivity index (χ4v) is 2.36. The zero-order chi connectivity index (χ0) is 16.1. The fraction of sp³-hybridized carbons (Fsp3) is 0.278. The lowest BCUT2D eigenvalue weighted by atomic mass is 10.1. The predicted molar refractivity (Wildman–Crippen MR) is 96.5 cm³/mol. The highest BCUT2D eigenvalue weighted by molar-refractivity contribution is 9.10. The molecule has 3 nitrogen and oxygen atoms in total. The summed E-state index contributed by atoms with van der Waals surface area (Å²) in [7, 11) is 0. The van der Waals surface area contributed by atoms with Crippen LogP contribution in [-0.4, -0.2) is 12.5 Å². The second kappa shape index (κ2) is 7.45. The second-order valence-electron chi connectivity index (χ2n) is 5.49. The molecule has 0 spiro atoms. The summed E-state index contributed by atoms with van der Waals surface area (Å²) >= 11 is 3.45. The van der Waals surface area contributed by atoms with Crippen molar-refractivity contribution in [2.75, 3.05) is 17.2 Å². The number of rotatable bonds is 5. The topological polar surface area (TPSA) is 41.1 Å². The summed E-state index contributed by atoms with van der Waals surface area (Å²) in [6, 6.07) is 12.0. The lowest BCUT2D eigenvalue weighted by molar-refractivity contribution is -0.115. The van der Waals surface area contributed by atoms with Gasteiger partial charge in [-0.15, -0.1) is 0 Å². The van der Waals surface area contributed by atoms with Crippen LogP contribution in [0.1, 0.15) is 23.1 Å². The van der Waals surface area contributed by atoms with E-state index in [4.69, 9.17) is 0 Å². The van der Waals surface area contributed by atoms with Gasteiger partial charge in [-0.1, -0.05) is 22.0 Å². The van der Waals surface area contributed by atoms with Crippen molar-refractivity contribution in [1.82, 2.24) is 0 Å². The lowest BCUT2D eigenvalue weighted by Gasteiger charge is -2.10. The Kier molecular flexibility index (Phi) is 5.61. The molecule has 0 saturated heterocycles. The van der Waals surface area contributed by atoms with Crippen LogP contribution in [0.15, 0.2) is 40.9 Å². The highest BCUT2D eigenvalue weighted by Crippen LogP contribution is 2.20. The van der Waals surface area contributed by atoms with Gasteiger partial charge in [-0.25, -0.2) is 0 Å². The third-order valence-corrected chi connectivity index (χ3v) is 4.52. The number of aryl methyl sites for hydroxylation is 3. The maximum absolute atomic E-state index is 12.0. The standard InChI is InChI=1S/C18H21BrN2O/c1-12-4-5-15(10-13(12)2)20-9-8-18(22)21-16-6-7-17(19)14(3)11-16/h4-7,10-11,20H,8-9H2,1-3H3,(H,21,22). The first-order valence-corrected chi connectivity index (χ1v) is 8.12. The van der Waals surface area contributed by atoms with Crippen molar-refractivity contribution in [2.45, 2.75) is 27.2 Å². The number of nitrogens with one attached hydrogen (secondary N) is 2. The first-order valence-electron chi connectivity index (χ1n) is 7.33. The summed E-state index contributed by atoms with van der Waals surface area (Å²) in [6.07, 6.45) is 0.433. The summed E-state index contributed by atoms with van der Waals surface area (Å²) in [5.41, 5.74) is 5.51. The molecule has 0 aliphatic rings. The molecular formula is C18H21BrN2O. The van der Waals surface area contributed by atoms with Crippen LogP contribution in [0, 0.1) is 20.8 Å². The van der Waals surface area contributed by atoms with E-state index in [1.165, 1.54) is 11.1 Å². The number of hydrogen-bond donors (Lipinski definition) is 2. The molecule has 2 N–H and O–H groups in total. The van der Waals surface area contributed by atoms with Crippen LogP contribution < -0.4 is 10.6 Å². The SMILES string of the molecule is Cc1ccc(NCCC(=O)Nc2ccc(Br)c(C)c2)cc1C. The second-order valence-corrected chi connectivity index (χ2v) is 6.34. The number of amides is 1. The monoisotopic (exact) mass is 360 g/mol. The van der Waals surface area contributed by atoms with Gasteiger partial charge in [0.15, 0.2) is 0 Å². The molecular weight excluding hydrogens is 340 g/mol. The number of halogens is 1. The van der Waals surface area contributed by atoms with Crippen molar-refractivity contribution < 1.29 is 4.79 Å². The molecule has 0 heterocycles. The molecule has 0 aliphatic carbocycles. The first kappa shape index (κ1) is 16.6. The van der Waals surface area contributed by atoms with Gasteiger partial charge in [-0.05, 0) is 67.8 Å². The Morgan fingerprint density at radius 2 is 1.64 bits per heavy atom. The molecule has 0 aliphatic heterocycles. The predicted octanol–water partition coefficient (Wildman–Crippen LogP) is 4.82. The molecule has 2 aromatic rings. The largest absolute Gasteiger partial charge is 0.385 e. The molecule has 22 heavy (non-hydrogen) atoms. The average molecular weight is 361 g/mol. The molecule has 2 rings (SSSR count). The normalized spacial score (nSPS) is 10.4. The number of anilines is 2. The molecule has 0 unspecified atom stereocenters. The van der Waals surface area contributed by atoms with Crippen LogP contribution in [-0.2, 0) is 4.79 Å². The Bertz CT molecular complexity index is 683. The smallest absolute Gasteiger partial charge is 0.226 e. The van der Waals surface area contributed by atoms with Crippen LogP contribution in [0.3, 0.4) is 0 Å². The minimum absolute atomic E-state index is 0.0121. The third kappa shape index (κ3) is 4.60. The van der Waals surface area contributed by atoms with Crippen molar-refractivity contribution in [2.24, 2.45) is 0 Å². The van der Waals surface area contributed by atoms with E-state index in [2.05, 4.69) is 52.5 Å². The van der Waals surface area contributed by atoms with E-state index in [0.717, 1.165) is 21.4 Å². The van der Waals surface area contributed by atoms with Gasteiger partial charge in [0.05, 0.1) is 0 Å². The summed E-state index contributed by atoms with van der Waals surface area (Å²) in [6.45, 7) is 6.79. The summed E-state index contributed by atoms with van der Waals surface area (Å²) in [5.74, 6) is 0.0121. The molecule has 2 aromatic carbocycles. The highest BCUT2D eigenvalue weighted by atomic mass is 79.9. The van der Waals surface area contributed by atoms with E-state index in [1.807, 2.05) is 31.2 Å². The van der Waals surface area contributed by atoms with Gasteiger partial charge in [0.2, 0.25) is 5.91 Å². The van der Waals surface area contributed by atoms with Crippen LogP contribution in [0.2, 0.25) is 0 Å². The van der Waals surface area contributed by atoms with Crippen LogP contribution in [0.4, 0.5) is 11.4 Å². The Hall–Kier alpha value is -1.81. The van der Waals surface area contributed by atoms with Gasteiger partial charge in [0.25, 0.3) is 0 Å². The zero-order valence-electron chi connectivity index (χ0n) is 13.2. The Morgan fingerprint density at radius 1 is 0.955 bits per heavy atom. The average Bonchev–Trinajstić information content (AvgIpc) is 2.47. The van der Waals surface area contributed by atoms with Crippen molar-refractivity contribution in [3.8, 4) is 0 Å². The fourth-order valence-electron chi connectivity index (χ4n) is 2.12. The van der Waals surface area contributed by atoms with Gasteiger partial charge in [0.1, 0.15) is 0 Å². The maximum atomic E-state index is 12.0. The van der Waals surface area contributed by atoms with Gasteiger partial charge >= 0.3 is 0 Å². The van der Waals surface area contributed by atoms with Gasteiger partial charge in [0, 0.05) is 28.8 Å². The van der Waals surface area contributed by atoms with Crippen molar-refractivity contribution in [3.63, 3.8) is 0 Å². The number of hydrogen-bond acceptors (Lipinski definition) is 2. The van der Waals surface area contributed by atoms with E-state index >= 15 is 0 Å². The van der Waals surface area contributed by atoms with Crippen molar-refractivity contribution in [1.29, 1.82) is 0 Å². The summed E-state index contributed by atoms with van der Waals surface area (Å²) in [4.78, 5) is 12.0. The minimum Gasteiger partial charge on any atom is -0.385 e. The molecule has 0 radical (unpaired) electrons. The number of carbonyl (C=O) groups excluding carboxylic acids is 1. The molecule has 4 heteroatoms. The third-order valence-electron chi connectivity index (χ3n) is 3.63. The molecule has 0 aromatic heterocycles. The quantitative estimate of drug-likeness (QED) is 0.802. The van der Waals surface area contributed by atoms with Gasteiger partial charge in [-0.3, -0.25) is 4.79 Å². The molecule has 0 bridgehead atoms. The lowest BCUT2D eigenvalue weighted by Crippen LogP contribution is -2.16. The molecule has 0 fully saturated rings. The van der Waals surface area contributed by atoms with Crippen LogP contribution in [0.25, 0.3) is 0 Å². The minimum atomic E-state index is 0.0121. The van der Waals surface area contributed by atoms with E-state index in [0.29, 0.717) is 13.0 Å². The Balaban J connectivity index is 1.82. The number of carbonyl (C=O) groups is 1. The molecule has 0 saturated carbocycles. The highest BCUT2D eigenvalue weighted by Gasteiger charge is 2.04. The maximum Gasteiger partial charge on any atom is 0.226 e. The van der Waals surface area contributed by atoms with E-state index in [-0.39, 0.29) is 5.91 Å². The molecule has 116 valence electrons. The summed E-state index contributed by atoms with van der Waals surface area (Å²) in [5, 5.41) is 6.20. The zero-order valence-corrected chi connectivity index (χ0v) is 14.8. The van der Waals surface area contributed by atoms with E-state index in [1.54, 1.807) is 0 Å². The number of benzene rings is 2. The Morgan fingerprint density at radius 3 is 2.32 bits per heavy atom. The van der Waals surface area contributed by atoms with Crippen molar-refractivity contribution in [3.05, 3.63) is 57.6 Å². The van der Waals surface area contributed by atoms with E-state index in [9.17, 15) is 4.79 Å². The van der Waals surface area contributed by atoms with Gasteiger partial charge < -0.3 is 10.6 Å². The van der Waals surface area contributed by atoms with Crippen LogP contribution >= 0.6 is 15.9 Å². The van der Waals surface area contributed by atoms with Crippen LogP contribution in [0.5, 0.6) is 0 Å². The summed E-state index contributed by atoms with van der Waals surface area (Å²) < 4.78 is 1.04. The molecule has 0 atom stereocenters.